The van der Waals surface area contributed by atoms with Gasteiger partial charge < -0.3 is 5.73 Å². The third kappa shape index (κ3) is 1.00. The van der Waals surface area contributed by atoms with Gasteiger partial charge in [0.25, 0.3) is 11.5 Å². The van der Waals surface area contributed by atoms with Gasteiger partial charge in [0.1, 0.15) is 5.69 Å². The van der Waals surface area contributed by atoms with Gasteiger partial charge in [0, 0.05) is 6.07 Å². The van der Waals surface area contributed by atoms with Crippen molar-refractivity contribution in [2.45, 2.75) is 24.8 Å². The Labute approximate surface area is 85.9 Å². The predicted octanol–water partition coefficient (Wildman–Crippen LogP) is -0.149. The number of aromatic nitrogens is 2. The number of amides is 1. The van der Waals surface area contributed by atoms with E-state index in [0.717, 1.165) is 25.2 Å². The van der Waals surface area contributed by atoms with Crippen LogP contribution in [0.2, 0.25) is 0 Å². The Morgan fingerprint density at radius 2 is 2.13 bits per heavy atom. The van der Waals surface area contributed by atoms with E-state index < -0.39 is 5.91 Å². The highest BCUT2D eigenvalue weighted by Gasteiger charge is 2.59. The second kappa shape index (κ2) is 2.48. The van der Waals surface area contributed by atoms with Crippen molar-refractivity contribution < 1.29 is 4.79 Å². The molecule has 0 aromatic carbocycles. The molecule has 0 unspecified atom stereocenters. The summed E-state index contributed by atoms with van der Waals surface area (Å²) in [6.07, 6.45) is 3.05. The molecule has 15 heavy (non-hydrogen) atoms. The first-order valence-electron chi connectivity index (χ1n) is 5.01. The van der Waals surface area contributed by atoms with Crippen LogP contribution in [0.3, 0.4) is 0 Å². The molecule has 1 amide bonds. The van der Waals surface area contributed by atoms with Gasteiger partial charge in [0.15, 0.2) is 0 Å². The van der Waals surface area contributed by atoms with Crippen molar-refractivity contribution in [1.82, 2.24) is 9.78 Å². The third-order valence-corrected chi connectivity index (χ3v) is 3.51. The molecule has 3 fully saturated rings. The number of carbonyl (C=O) groups is 1. The van der Waals surface area contributed by atoms with Crippen LogP contribution in [0.1, 0.15) is 29.8 Å². The molecule has 0 radical (unpaired) electrons. The molecule has 1 aromatic heterocycles. The molecule has 0 spiro atoms. The highest BCUT2D eigenvalue weighted by Crippen LogP contribution is 2.61. The summed E-state index contributed by atoms with van der Waals surface area (Å²) in [5.41, 5.74) is 5.07. The smallest absolute Gasteiger partial charge is 0.269 e. The Balaban J connectivity index is 2.09. The van der Waals surface area contributed by atoms with Crippen LogP contribution in [0.5, 0.6) is 0 Å². The maximum absolute atomic E-state index is 11.6. The number of nitrogens with zero attached hydrogens (tertiary/aromatic N) is 2. The number of primary amides is 1. The summed E-state index contributed by atoms with van der Waals surface area (Å²) in [4.78, 5) is 22.6. The van der Waals surface area contributed by atoms with Crippen LogP contribution in [0.25, 0.3) is 0 Å². The Morgan fingerprint density at radius 1 is 1.47 bits per heavy atom. The summed E-state index contributed by atoms with van der Waals surface area (Å²) in [6.45, 7) is 0. The van der Waals surface area contributed by atoms with Gasteiger partial charge in [-0.25, -0.2) is 4.68 Å². The summed E-state index contributed by atoms with van der Waals surface area (Å²) >= 11 is 0. The lowest BCUT2D eigenvalue weighted by Crippen LogP contribution is -2.62. The third-order valence-electron chi connectivity index (χ3n) is 3.51. The second-order valence-corrected chi connectivity index (χ2v) is 4.54. The van der Waals surface area contributed by atoms with Gasteiger partial charge in [0.05, 0.1) is 5.54 Å². The molecule has 1 heterocycles. The molecule has 2 bridgehead atoms. The van der Waals surface area contributed by atoms with Crippen LogP contribution in [0.4, 0.5) is 0 Å². The van der Waals surface area contributed by atoms with E-state index >= 15 is 0 Å². The molecule has 2 N–H and O–H groups in total. The SMILES string of the molecule is NC(=O)c1ccc(=O)n(C23CC(C2)C3)n1. The van der Waals surface area contributed by atoms with Gasteiger partial charge in [0.2, 0.25) is 0 Å². The van der Waals surface area contributed by atoms with Gasteiger partial charge >= 0.3 is 0 Å². The van der Waals surface area contributed by atoms with Crippen LogP contribution in [-0.4, -0.2) is 15.7 Å². The summed E-state index contributed by atoms with van der Waals surface area (Å²) in [6, 6.07) is 2.75. The molecule has 5 nitrogen and oxygen atoms in total. The monoisotopic (exact) mass is 205 g/mol. The zero-order chi connectivity index (χ0) is 10.6. The number of nitrogens with two attached hydrogens (primary N) is 1. The summed E-state index contributed by atoms with van der Waals surface area (Å²) in [5, 5.41) is 4.03. The topological polar surface area (TPSA) is 78.0 Å². The van der Waals surface area contributed by atoms with Gasteiger partial charge in [-0.1, -0.05) is 0 Å². The van der Waals surface area contributed by atoms with Crippen molar-refractivity contribution in [2.24, 2.45) is 11.7 Å². The molecule has 3 aliphatic rings. The van der Waals surface area contributed by atoms with E-state index in [2.05, 4.69) is 5.10 Å². The minimum Gasteiger partial charge on any atom is -0.364 e. The summed E-state index contributed by atoms with van der Waals surface area (Å²) < 4.78 is 1.45. The average Bonchev–Trinajstić information content (AvgIpc) is 2.02. The van der Waals surface area contributed by atoms with Gasteiger partial charge in [-0.15, -0.1) is 0 Å². The molecular formula is C10H11N3O2. The van der Waals surface area contributed by atoms with E-state index in [4.69, 9.17) is 5.73 Å². The average molecular weight is 205 g/mol. The number of hydrogen-bond acceptors (Lipinski definition) is 3. The van der Waals surface area contributed by atoms with E-state index in [1.165, 1.54) is 16.8 Å². The fourth-order valence-electron chi connectivity index (χ4n) is 2.57. The van der Waals surface area contributed by atoms with Gasteiger partial charge in [-0.2, -0.15) is 5.10 Å². The maximum Gasteiger partial charge on any atom is 0.269 e. The van der Waals surface area contributed by atoms with Crippen LogP contribution in [0.15, 0.2) is 16.9 Å². The van der Waals surface area contributed by atoms with E-state index in [1.54, 1.807) is 0 Å². The number of carbonyl (C=O) groups excluding carboxylic acids is 1. The first kappa shape index (κ1) is 8.64. The van der Waals surface area contributed by atoms with Gasteiger partial charge in [-0.05, 0) is 31.2 Å². The standard InChI is InChI=1S/C10H11N3O2/c11-9(15)7-1-2-8(14)13(12-7)10-3-6(4-10)5-10/h1-2,6H,3-5H2,(H2,11,15). The fourth-order valence-corrected chi connectivity index (χ4v) is 2.57. The lowest BCUT2D eigenvalue weighted by Gasteiger charge is -2.61. The zero-order valence-corrected chi connectivity index (χ0v) is 8.14. The first-order valence-corrected chi connectivity index (χ1v) is 5.01. The highest BCUT2D eigenvalue weighted by molar-refractivity contribution is 5.90. The molecule has 3 saturated carbocycles. The molecule has 5 heteroatoms. The predicted molar refractivity (Wildman–Crippen MR) is 52.3 cm³/mol. The van der Waals surface area contributed by atoms with Crippen molar-refractivity contribution in [3.8, 4) is 0 Å². The lowest BCUT2D eigenvalue weighted by molar-refractivity contribution is -0.101. The zero-order valence-electron chi connectivity index (χ0n) is 8.14. The Hall–Kier alpha value is -1.65. The van der Waals surface area contributed by atoms with E-state index in [1.807, 2.05) is 0 Å². The molecule has 4 rings (SSSR count). The maximum atomic E-state index is 11.6. The Kier molecular flexibility index (Phi) is 1.43. The molecule has 78 valence electrons. The van der Waals surface area contributed by atoms with Gasteiger partial charge in [-0.3, -0.25) is 9.59 Å². The van der Waals surface area contributed by atoms with Crippen molar-refractivity contribution in [1.29, 1.82) is 0 Å². The van der Waals surface area contributed by atoms with E-state index in [-0.39, 0.29) is 16.8 Å². The number of rotatable bonds is 2. The first-order chi connectivity index (χ1) is 7.11. The van der Waals surface area contributed by atoms with Crippen molar-refractivity contribution >= 4 is 5.91 Å². The van der Waals surface area contributed by atoms with Crippen molar-refractivity contribution in [2.75, 3.05) is 0 Å². The largest absolute Gasteiger partial charge is 0.364 e. The molecule has 0 aliphatic heterocycles. The van der Waals surface area contributed by atoms with Crippen molar-refractivity contribution in [3.05, 3.63) is 28.2 Å². The van der Waals surface area contributed by atoms with Crippen LogP contribution < -0.4 is 11.3 Å². The molecule has 1 aromatic rings. The van der Waals surface area contributed by atoms with Crippen LogP contribution in [0, 0.1) is 5.92 Å². The minimum absolute atomic E-state index is 0.0901. The van der Waals surface area contributed by atoms with Crippen LogP contribution in [-0.2, 0) is 5.54 Å². The highest BCUT2D eigenvalue weighted by atomic mass is 16.1. The molecule has 3 aliphatic carbocycles. The van der Waals surface area contributed by atoms with Crippen molar-refractivity contribution in [3.63, 3.8) is 0 Å². The lowest BCUT2D eigenvalue weighted by atomic mass is 9.50. The summed E-state index contributed by atoms with van der Waals surface area (Å²) in [5.74, 6) is 0.172. The number of hydrogen-bond donors (Lipinski definition) is 1. The Bertz CT molecular complexity index is 489. The molecular weight excluding hydrogens is 194 g/mol. The molecule has 0 atom stereocenters. The normalized spacial score (nSPS) is 31.6. The Morgan fingerprint density at radius 3 is 2.60 bits per heavy atom. The van der Waals surface area contributed by atoms with E-state index in [9.17, 15) is 9.59 Å². The summed E-state index contributed by atoms with van der Waals surface area (Å²) in [7, 11) is 0. The van der Waals surface area contributed by atoms with Crippen LogP contribution >= 0.6 is 0 Å². The second-order valence-electron chi connectivity index (χ2n) is 4.54. The van der Waals surface area contributed by atoms with E-state index in [0.29, 0.717) is 0 Å². The minimum atomic E-state index is -0.588. The molecule has 0 saturated heterocycles. The fraction of sp³-hybridized carbons (Fsp3) is 0.500. The quantitative estimate of drug-likeness (QED) is 0.729.